The lowest BCUT2D eigenvalue weighted by Gasteiger charge is -2.71. The van der Waals surface area contributed by atoms with Crippen LogP contribution in [-0.2, 0) is 14.4 Å². The molecule has 3 N–H and O–H groups in total. The van der Waals surface area contributed by atoms with Crippen molar-refractivity contribution < 1.29 is 29.7 Å². The molecule has 0 amide bonds. The predicted octanol–water partition coefficient (Wildman–Crippen LogP) is 5.10. The molecule has 0 heterocycles. The van der Waals surface area contributed by atoms with E-state index < -0.39 is 24.7 Å². The molecule has 0 aromatic carbocycles. The summed E-state index contributed by atoms with van der Waals surface area (Å²) in [7, 11) is 0. The fraction of sp³-hybridized carbons (Fsp3) is 0.912. The van der Waals surface area contributed by atoms with Gasteiger partial charge in [0.05, 0.1) is 24.7 Å². The molecule has 4 rings (SSSR count). The SMILES string of the molecule is CC(=O)C1C(=O)CC2(C)CC3(C)CC4C(C(C)C)CC(CC(=O)CC(O)CO)C(C)C4C(O)C3C(C)C2(C)C1C. The summed E-state index contributed by atoms with van der Waals surface area (Å²) in [5.74, 6) is 1.11. The van der Waals surface area contributed by atoms with Gasteiger partial charge in [0.25, 0.3) is 0 Å². The van der Waals surface area contributed by atoms with E-state index in [9.17, 15) is 29.7 Å². The summed E-state index contributed by atoms with van der Waals surface area (Å²) in [6, 6.07) is 0. The van der Waals surface area contributed by atoms with Gasteiger partial charge in [0.15, 0.2) is 0 Å². The lowest BCUT2D eigenvalue weighted by molar-refractivity contribution is -0.251. The molecule has 4 aliphatic rings. The third-order valence-electron chi connectivity index (χ3n) is 13.6. The van der Waals surface area contributed by atoms with Crippen LogP contribution >= 0.6 is 0 Å². The molecule has 0 radical (unpaired) electrons. The smallest absolute Gasteiger partial charge is 0.144 e. The predicted molar refractivity (Wildman–Crippen MR) is 155 cm³/mol. The van der Waals surface area contributed by atoms with Crippen molar-refractivity contribution in [3.8, 4) is 0 Å². The molecule has 0 aromatic heterocycles. The Balaban J connectivity index is 1.71. The molecule has 0 spiro atoms. The highest BCUT2D eigenvalue weighted by Gasteiger charge is 2.70. The van der Waals surface area contributed by atoms with Crippen LogP contribution in [0.4, 0.5) is 0 Å². The van der Waals surface area contributed by atoms with Crippen LogP contribution in [0.2, 0.25) is 0 Å². The maximum Gasteiger partial charge on any atom is 0.144 e. The van der Waals surface area contributed by atoms with Crippen molar-refractivity contribution in [2.24, 2.45) is 75.4 Å². The number of rotatable bonds is 7. The number of aliphatic hydroxyl groups excluding tert-OH is 3. The molecule has 14 atom stereocenters. The third kappa shape index (κ3) is 4.76. The van der Waals surface area contributed by atoms with E-state index in [1.54, 1.807) is 6.92 Å². The molecule has 4 saturated carbocycles. The van der Waals surface area contributed by atoms with Crippen LogP contribution in [0.5, 0.6) is 0 Å². The number of fused-ring (bicyclic) bond motifs is 3. The van der Waals surface area contributed by atoms with Gasteiger partial charge in [0.1, 0.15) is 17.3 Å². The summed E-state index contributed by atoms with van der Waals surface area (Å²) in [6.45, 7) is 19.2. The second-order valence-electron chi connectivity index (χ2n) is 16.0. The van der Waals surface area contributed by atoms with E-state index in [1.165, 1.54) is 0 Å². The van der Waals surface area contributed by atoms with Crippen molar-refractivity contribution in [3.63, 3.8) is 0 Å². The highest BCUT2D eigenvalue weighted by Crippen LogP contribution is 2.73. The van der Waals surface area contributed by atoms with Crippen LogP contribution in [-0.4, -0.2) is 51.5 Å². The van der Waals surface area contributed by atoms with Gasteiger partial charge in [0, 0.05) is 19.3 Å². The summed E-state index contributed by atoms with van der Waals surface area (Å²) < 4.78 is 0. The second-order valence-corrected chi connectivity index (χ2v) is 16.0. The fourth-order valence-corrected chi connectivity index (χ4v) is 11.7. The van der Waals surface area contributed by atoms with E-state index >= 15 is 0 Å². The first kappa shape index (κ1) is 31.8. The fourth-order valence-electron chi connectivity index (χ4n) is 11.7. The van der Waals surface area contributed by atoms with Crippen molar-refractivity contribution in [3.05, 3.63) is 0 Å². The first-order chi connectivity index (χ1) is 18.4. The van der Waals surface area contributed by atoms with Crippen molar-refractivity contribution >= 4 is 17.3 Å². The first-order valence-electron chi connectivity index (χ1n) is 15.9. The van der Waals surface area contributed by atoms with Gasteiger partial charge in [-0.05, 0) is 95.7 Å². The molecular weight excluding hydrogens is 504 g/mol. The van der Waals surface area contributed by atoms with Gasteiger partial charge in [-0.2, -0.15) is 0 Å². The summed E-state index contributed by atoms with van der Waals surface area (Å²) in [5, 5.41) is 31.5. The summed E-state index contributed by atoms with van der Waals surface area (Å²) in [4.78, 5) is 38.9. The van der Waals surface area contributed by atoms with Crippen LogP contribution in [0.25, 0.3) is 0 Å². The third-order valence-corrected chi connectivity index (χ3v) is 13.6. The van der Waals surface area contributed by atoms with E-state index in [0.717, 1.165) is 19.3 Å². The van der Waals surface area contributed by atoms with E-state index in [2.05, 4.69) is 55.4 Å². The highest BCUT2D eigenvalue weighted by atomic mass is 16.3. The maximum atomic E-state index is 13.4. The Hall–Kier alpha value is -1.11. The van der Waals surface area contributed by atoms with E-state index in [-0.39, 0.29) is 75.5 Å². The minimum absolute atomic E-state index is 0.0141. The van der Waals surface area contributed by atoms with Gasteiger partial charge in [-0.15, -0.1) is 0 Å². The maximum absolute atomic E-state index is 13.4. The monoisotopic (exact) mass is 560 g/mol. The normalized spacial score (nSPS) is 49.6. The van der Waals surface area contributed by atoms with Crippen LogP contribution < -0.4 is 0 Å². The van der Waals surface area contributed by atoms with Gasteiger partial charge in [-0.3, -0.25) is 14.4 Å². The Morgan fingerprint density at radius 3 is 2.25 bits per heavy atom. The summed E-state index contributed by atoms with van der Waals surface area (Å²) in [6.07, 6.45) is 2.10. The summed E-state index contributed by atoms with van der Waals surface area (Å²) in [5.41, 5.74) is -0.610. The highest BCUT2D eigenvalue weighted by molar-refractivity contribution is 6.02. The van der Waals surface area contributed by atoms with Crippen LogP contribution in [0.1, 0.15) is 101 Å². The standard InChI is InChI=1S/C34H56O6/c1-17(2)25-11-22(10-23(37)12-24(38)15-35)18(3)28-26(25)13-32(7)16-33(8)14-27(39)29(21(6)36)19(4)34(33,9)20(5)30(32)31(28)40/h17-20,22,24-26,28-31,35,38,40H,10-16H2,1-9H3. The average Bonchev–Trinajstić information content (AvgIpc) is 2.82. The molecular formula is C34H56O6. The lowest BCUT2D eigenvalue weighted by atomic mass is 9.33. The Morgan fingerprint density at radius 2 is 1.70 bits per heavy atom. The second kappa shape index (κ2) is 10.9. The largest absolute Gasteiger partial charge is 0.394 e. The van der Waals surface area contributed by atoms with Gasteiger partial charge in [-0.1, -0.05) is 55.4 Å². The number of ketones is 3. The van der Waals surface area contributed by atoms with Crippen molar-refractivity contribution in [1.29, 1.82) is 0 Å². The number of carbonyl (C=O) groups is 3. The molecule has 0 aliphatic heterocycles. The number of aliphatic hydroxyl groups is 3. The van der Waals surface area contributed by atoms with Crippen molar-refractivity contribution in [1.82, 2.24) is 0 Å². The van der Waals surface area contributed by atoms with Crippen LogP contribution in [0.3, 0.4) is 0 Å². The Bertz CT molecular complexity index is 1010. The van der Waals surface area contributed by atoms with Crippen LogP contribution in [0, 0.1) is 75.4 Å². The quantitative estimate of drug-likeness (QED) is 0.374. The molecule has 0 bridgehead atoms. The Labute approximate surface area is 242 Å². The first-order valence-corrected chi connectivity index (χ1v) is 15.9. The Kier molecular flexibility index (Phi) is 8.64. The number of Topliss-reactive ketones (excluding diaryl/α,β-unsaturated/α-hetero) is 3. The zero-order valence-electron chi connectivity index (χ0n) is 26.4. The Morgan fingerprint density at radius 1 is 1.07 bits per heavy atom. The number of hydrogen-bond acceptors (Lipinski definition) is 6. The number of carbonyl (C=O) groups excluding carboxylic acids is 3. The van der Waals surface area contributed by atoms with Gasteiger partial charge < -0.3 is 15.3 Å². The van der Waals surface area contributed by atoms with Gasteiger partial charge >= 0.3 is 0 Å². The van der Waals surface area contributed by atoms with E-state index in [4.69, 9.17) is 0 Å². The zero-order valence-corrected chi connectivity index (χ0v) is 26.4. The molecule has 0 saturated heterocycles. The van der Waals surface area contributed by atoms with Gasteiger partial charge in [-0.25, -0.2) is 0 Å². The molecule has 40 heavy (non-hydrogen) atoms. The topological polar surface area (TPSA) is 112 Å². The molecule has 228 valence electrons. The summed E-state index contributed by atoms with van der Waals surface area (Å²) >= 11 is 0. The van der Waals surface area contributed by atoms with E-state index in [0.29, 0.717) is 30.6 Å². The molecule has 6 heteroatoms. The number of hydrogen-bond donors (Lipinski definition) is 3. The average molecular weight is 561 g/mol. The van der Waals surface area contributed by atoms with Crippen molar-refractivity contribution in [2.75, 3.05) is 6.61 Å². The van der Waals surface area contributed by atoms with Crippen LogP contribution in [0.15, 0.2) is 0 Å². The van der Waals surface area contributed by atoms with E-state index in [1.807, 2.05) is 0 Å². The molecule has 0 aromatic rings. The molecule has 6 nitrogen and oxygen atoms in total. The minimum atomic E-state index is -1.01. The van der Waals surface area contributed by atoms with Gasteiger partial charge in [0.2, 0.25) is 0 Å². The molecule has 14 unspecified atom stereocenters. The lowest BCUT2D eigenvalue weighted by Crippen LogP contribution is -2.69. The zero-order chi connectivity index (χ0) is 30.1. The van der Waals surface area contributed by atoms with Crippen molar-refractivity contribution in [2.45, 2.75) is 113 Å². The molecule has 4 aliphatic carbocycles. The molecule has 4 fully saturated rings. The minimum Gasteiger partial charge on any atom is -0.394 e.